The van der Waals surface area contributed by atoms with E-state index in [1.807, 2.05) is 0 Å². The molecule has 0 amide bonds. The minimum absolute atomic E-state index is 0.218. The zero-order valence-corrected chi connectivity index (χ0v) is 4.46. The molecule has 0 saturated heterocycles. The standard InChI is InChI=1S/C4H7NO3/c1-3(7)4(2-6)5-8/h6,8H,2H2,1H3/b5-4+. The van der Waals surface area contributed by atoms with Crippen molar-refractivity contribution >= 4 is 11.5 Å². The van der Waals surface area contributed by atoms with Crippen molar-refractivity contribution in [3.8, 4) is 0 Å². The van der Waals surface area contributed by atoms with E-state index in [0.29, 0.717) is 0 Å². The average Bonchev–Trinajstić information content (AvgIpc) is 1.69. The fourth-order valence-electron chi connectivity index (χ4n) is 0.213. The van der Waals surface area contributed by atoms with Gasteiger partial charge in [-0.05, 0) is 0 Å². The lowest BCUT2D eigenvalue weighted by molar-refractivity contribution is -0.111. The lowest BCUT2D eigenvalue weighted by Gasteiger charge is -1.88. The summed E-state index contributed by atoms with van der Waals surface area (Å²) in [7, 11) is 0. The minimum atomic E-state index is -0.508. The van der Waals surface area contributed by atoms with Gasteiger partial charge in [-0.1, -0.05) is 5.16 Å². The molecule has 0 aliphatic heterocycles. The third-order valence-corrected chi connectivity index (χ3v) is 0.677. The molecule has 0 radical (unpaired) electrons. The summed E-state index contributed by atoms with van der Waals surface area (Å²) in [6.07, 6.45) is 0. The molecule has 0 bridgehead atoms. The van der Waals surface area contributed by atoms with E-state index in [2.05, 4.69) is 5.16 Å². The van der Waals surface area contributed by atoms with Gasteiger partial charge < -0.3 is 10.3 Å². The summed E-state index contributed by atoms with van der Waals surface area (Å²) in [5.74, 6) is -0.421. The molecule has 0 aromatic heterocycles. The second-order valence-corrected chi connectivity index (χ2v) is 1.26. The van der Waals surface area contributed by atoms with Gasteiger partial charge in [-0.2, -0.15) is 0 Å². The second kappa shape index (κ2) is 3.15. The number of hydrogen-bond donors (Lipinski definition) is 2. The lowest BCUT2D eigenvalue weighted by Crippen LogP contribution is -2.13. The van der Waals surface area contributed by atoms with E-state index < -0.39 is 12.4 Å². The Kier molecular flexibility index (Phi) is 2.79. The van der Waals surface area contributed by atoms with Crippen molar-refractivity contribution in [2.45, 2.75) is 6.92 Å². The Hall–Kier alpha value is -0.900. The molecular formula is C4H7NO3. The molecule has 0 rings (SSSR count). The summed E-state index contributed by atoms with van der Waals surface area (Å²) in [5, 5.41) is 18.6. The van der Waals surface area contributed by atoms with Gasteiger partial charge >= 0.3 is 0 Å². The van der Waals surface area contributed by atoms with Crippen molar-refractivity contribution in [2.24, 2.45) is 5.16 Å². The van der Waals surface area contributed by atoms with Gasteiger partial charge in [0.15, 0.2) is 5.78 Å². The van der Waals surface area contributed by atoms with E-state index in [-0.39, 0.29) is 5.71 Å². The normalized spacial score (nSPS) is 11.5. The summed E-state index contributed by atoms with van der Waals surface area (Å²) in [6, 6.07) is 0. The van der Waals surface area contributed by atoms with Crippen LogP contribution in [-0.4, -0.2) is 28.4 Å². The topological polar surface area (TPSA) is 69.9 Å². The highest BCUT2D eigenvalue weighted by molar-refractivity contribution is 6.39. The van der Waals surface area contributed by atoms with Gasteiger partial charge in [0.05, 0.1) is 6.61 Å². The number of hydrogen-bond acceptors (Lipinski definition) is 4. The van der Waals surface area contributed by atoms with Crippen molar-refractivity contribution in [3.05, 3.63) is 0 Å². The molecule has 4 nitrogen and oxygen atoms in total. The van der Waals surface area contributed by atoms with Crippen LogP contribution in [0.3, 0.4) is 0 Å². The maximum absolute atomic E-state index is 10.2. The van der Waals surface area contributed by atoms with Crippen molar-refractivity contribution in [1.29, 1.82) is 0 Å². The largest absolute Gasteiger partial charge is 0.410 e. The molecule has 2 N–H and O–H groups in total. The van der Waals surface area contributed by atoms with Crippen molar-refractivity contribution < 1.29 is 15.1 Å². The number of rotatable bonds is 2. The molecule has 0 heterocycles. The van der Waals surface area contributed by atoms with Crippen molar-refractivity contribution in [3.63, 3.8) is 0 Å². The number of oxime groups is 1. The number of aliphatic hydroxyl groups is 1. The molecule has 0 fully saturated rings. The smallest absolute Gasteiger partial charge is 0.179 e. The summed E-state index contributed by atoms with van der Waals surface area (Å²) >= 11 is 0. The fraction of sp³-hybridized carbons (Fsp3) is 0.500. The number of Topliss-reactive ketones (excluding diaryl/α,β-unsaturated/α-hetero) is 1. The third kappa shape index (κ3) is 1.70. The predicted octanol–water partition coefficient (Wildman–Crippen LogP) is -0.602. The van der Waals surface area contributed by atoms with Crippen LogP contribution < -0.4 is 0 Å². The average molecular weight is 117 g/mol. The Morgan fingerprint density at radius 1 is 1.75 bits per heavy atom. The van der Waals surface area contributed by atoms with E-state index in [1.165, 1.54) is 6.92 Å². The Balaban J connectivity index is 3.92. The van der Waals surface area contributed by atoms with E-state index in [4.69, 9.17) is 10.3 Å². The van der Waals surface area contributed by atoms with Gasteiger partial charge in [0, 0.05) is 6.92 Å². The second-order valence-electron chi connectivity index (χ2n) is 1.26. The highest BCUT2D eigenvalue weighted by Crippen LogP contribution is 1.75. The van der Waals surface area contributed by atoms with Crippen LogP contribution in [0.25, 0.3) is 0 Å². The predicted molar refractivity (Wildman–Crippen MR) is 27.0 cm³/mol. The molecule has 8 heavy (non-hydrogen) atoms. The van der Waals surface area contributed by atoms with Crippen LogP contribution in [0.4, 0.5) is 0 Å². The van der Waals surface area contributed by atoms with Gasteiger partial charge in [-0.15, -0.1) is 0 Å². The fourth-order valence-corrected chi connectivity index (χ4v) is 0.213. The first kappa shape index (κ1) is 7.10. The number of carbonyl (C=O) groups is 1. The summed E-state index contributed by atoms with van der Waals surface area (Å²) in [5.41, 5.74) is -0.218. The van der Waals surface area contributed by atoms with E-state index in [9.17, 15) is 4.79 Å². The van der Waals surface area contributed by atoms with Crippen LogP contribution in [0.1, 0.15) is 6.92 Å². The first-order chi connectivity index (χ1) is 3.72. The lowest BCUT2D eigenvalue weighted by atomic mass is 10.3. The number of nitrogens with zero attached hydrogens (tertiary/aromatic N) is 1. The highest BCUT2D eigenvalue weighted by Gasteiger charge is 2.01. The van der Waals surface area contributed by atoms with Gasteiger partial charge in [0.2, 0.25) is 0 Å². The Morgan fingerprint density at radius 2 is 2.25 bits per heavy atom. The molecular weight excluding hydrogens is 110 g/mol. The quantitative estimate of drug-likeness (QED) is 0.288. The van der Waals surface area contributed by atoms with Gasteiger partial charge in [0.25, 0.3) is 0 Å². The molecule has 0 atom stereocenters. The Morgan fingerprint density at radius 3 is 2.25 bits per heavy atom. The first-order valence-corrected chi connectivity index (χ1v) is 2.05. The van der Waals surface area contributed by atoms with Crippen molar-refractivity contribution in [1.82, 2.24) is 0 Å². The zero-order chi connectivity index (χ0) is 6.57. The molecule has 0 aliphatic rings. The van der Waals surface area contributed by atoms with Gasteiger partial charge in [-0.3, -0.25) is 4.79 Å². The summed E-state index contributed by atoms with van der Waals surface area (Å²) in [4.78, 5) is 10.2. The molecule has 0 aromatic rings. The van der Waals surface area contributed by atoms with Crippen LogP contribution in [0.5, 0.6) is 0 Å². The highest BCUT2D eigenvalue weighted by atomic mass is 16.4. The molecule has 0 aliphatic carbocycles. The van der Waals surface area contributed by atoms with Crippen LogP contribution in [0, 0.1) is 0 Å². The maximum Gasteiger partial charge on any atom is 0.179 e. The van der Waals surface area contributed by atoms with Gasteiger partial charge in [0.1, 0.15) is 5.71 Å². The summed E-state index contributed by atoms with van der Waals surface area (Å²) in [6.45, 7) is 0.705. The van der Waals surface area contributed by atoms with Crippen LogP contribution in [-0.2, 0) is 4.79 Å². The minimum Gasteiger partial charge on any atom is -0.410 e. The van der Waals surface area contributed by atoms with Crippen LogP contribution in [0.2, 0.25) is 0 Å². The Labute approximate surface area is 46.4 Å². The molecule has 0 unspecified atom stereocenters. The van der Waals surface area contributed by atoms with Crippen LogP contribution in [0.15, 0.2) is 5.16 Å². The van der Waals surface area contributed by atoms with E-state index in [0.717, 1.165) is 0 Å². The van der Waals surface area contributed by atoms with Crippen molar-refractivity contribution in [2.75, 3.05) is 6.61 Å². The van der Waals surface area contributed by atoms with E-state index in [1.54, 1.807) is 0 Å². The molecule has 0 spiro atoms. The zero-order valence-electron chi connectivity index (χ0n) is 4.46. The molecule has 0 saturated carbocycles. The number of carbonyl (C=O) groups excluding carboxylic acids is 1. The first-order valence-electron chi connectivity index (χ1n) is 2.05. The third-order valence-electron chi connectivity index (χ3n) is 0.677. The molecule has 46 valence electrons. The summed E-state index contributed by atoms with van der Waals surface area (Å²) < 4.78 is 0. The van der Waals surface area contributed by atoms with Crippen LogP contribution >= 0.6 is 0 Å². The Bertz CT molecular complexity index is 118. The monoisotopic (exact) mass is 117 g/mol. The SMILES string of the molecule is CC(=O)/C(CO)=N/O. The maximum atomic E-state index is 10.2. The number of aliphatic hydroxyl groups excluding tert-OH is 1. The molecule has 4 heteroatoms. The number of ketones is 1. The van der Waals surface area contributed by atoms with Gasteiger partial charge in [-0.25, -0.2) is 0 Å². The molecule has 0 aromatic carbocycles. The van der Waals surface area contributed by atoms with E-state index >= 15 is 0 Å².